The van der Waals surface area contributed by atoms with Crippen LogP contribution in [0, 0.1) is 0 Å². The fraction of sp³-hybridized carbons (Fsp3) is 0.222. The molecule has 0 aliphatic rings. The number of rotatable bonds is 2. The molecule has 0 bridgehead atoms. The Balaban J connectivity index is 2.97. The number of thiol groups is 1. The highest BCUT2D eigenvalue weighted by molar-refractivity contribution is 7.80. The van der Waals surface area contributed by atoms with Gasteiger partial charge in [-0.25, -0.2) is 0 Å². The summed E-state index contributed by atoms with van der Waals surface area (Å²) in [5, 5.41) is 0. The number of ketones is 1. The molecule has 0 unspecified atom stereocenters. The molecule has 0 aliphatic heterocycles. The lowest BCUT2D eigenvalue weighted by atomic mass is 10.1. The van der Waals surface area contributed by atoms with Gasteiger partial charge >= 0.3 is 0 Å². The minimum atomic E-state index is 0.112. The molecule has 1 aromatic carbocycles. The first-order valence-electron chi connectivity index (χ1n) is 3.66. The molecule has 1 rings (SSSR count). The fourth-order valence-electron chi connectivity index (χ4n) is 1.01. The Morgan fingerprint density at radius 1 is 1.58 bits per heavy atom. The van der Waals surface area contributed by atoms with Crippen LogP contribution in [-0.2, 0) is 11.2 Å². The molecule has 0 amide bonds. The van der Waals surface area contributed by atoms with E-state index in [0.717, 1.165) is 10.5 Å². The second kappa shape index (κ2) is 3.63. The Hall–Kier alpha value is -0.960. The number of benzene rings is 1. The average molecular weight is 181 g/mol. The van der Waals surface area contributed by atoms with Crippen LogP contribution >= 0.6 is 12.6 Å². The van der Waals surface area contributed by atoms with Crippen LogP contribution in [0.5, 0.6) is 0 Å². The first-order chi connectivity index (χ1) is 5.59. The van der Waals surface area contributed by atoms with Crippen molar-refractivity contribution in [3.8, 4) is 0 Å². The van der Waals surface area contributed by atoms with Gasteiger partial charge in [0.25, 0.3) is 0 Å². The molecule has 0 aromatic heterocycles. The molecule has 0 spiro atoms. The normalized spacial score (nSPS) is 9.83. The van der Waals surface area contributed by atoms with Gasteiger partial charge in [0.15, 0.2) is 0 Å². The quantitative estimate of drug-likeness (QED) is 0.538. The molecule has 64 valence electrons. The lowest BCUT2D eigenvalue weighted by Crippen LogP contribution is -2.00. The highest BCUT2D eigenvalue weighted by atomic mass is 32.1. The highest BCUT2D eigenvalue weighted by Gasteiger charge is 2.01. The maximum Gasteiger partial charge on any atom is 0.134 e. The number of nitrogens with two attached hydrogens (primary N) is 1. The first-order valence-corrected chi connectivity index (χ1v) is 4.11. The van der Waals surface area contributed by atoms with Gasteiger partial charge in [-0.2, -0.15) is 0 Å². The van der Waals surface area contributed by atoms with Gasteiger partial charge in [-0.1, -0.05) is 0 Å². The molecule has 3 heteroatoms. The summed E-state index contributed by atoms with van der Waals surface area (Å²) >= 11 is 4.16. The second-order valence-electron chi connectivity index (χ2n) is 2.76. The van der Waals surface area contributed by atoms with Crippen molar-refractivity contribution in [2.45, 2.75) is 18.2 Å². The summed E-state index contributed by atoms with van der Waals surface area (Å²) in [5.74, 6) is 0.112. The summed E-state index contributed by atoms with van der Waals surface area (Å²) in [5.41, 5.74) is 7.16. The molecule has 12 heavy (non-hydrogen) atoms. The van der Waals surface area contributed by atoms with Crippen molar-refractivity contribution in [1.82, 2.24) is 0 Å². The van der Waals surface area contributed by atoms with Gasteiger partial charge in [-0.3, -0.25) is 4.79 Å². The lowest BCUT2D eigenvalue weighted by Gasteiger charge is -2.03. The Morgan fingerprint density at radius 3 is 2.83 bits per heavy atom. The predicted octanol–water partition coefficient (Wildman–Crippen LogP) is 1.69. The van der Waals surface area contributed by atoms with Crippen LogP contribution in [0.4, 0.5) is 5.69 Å². The van der Waals surface area contributed by atoms with Crippen molar-refractivity contribution in [3.05, 3.63) is 23.8 Å². The maximum absolute atomic E-state index is 10.8. The third-order valence-electron chi connectivity index (χ3n) is 1.57. The van der Waals surface area contributed by atoms with E-state index in [1.165, 1.54) is 0 Å². The van der Waals surface area contributed by atoms with E-state index < -0.39 is 0 Å². The summed E-state index contributed by atoms with van der Waals surface area (Å²) in [6, 6.07) is 5.39. The summed E-state index contributed by atoms with van der Waals surface area (Å²) in [7, 11) is 0. The van der Waals surface area contributed by atoms with E-state index in [-0.39, 0.29) is 5.78 Å². The number of nitrogen functional groups attached to an aromatic ring is 1. The van der Waals surface area contributed by atoms with Gasteiger partial charge in [0.2, 0.25) is 0 Å². The molecular weight excluding hydrogens is 170 g/mol. The number of carbonyl (C=O) groups is 1. The summed E-state index contributed by atoms with van der Waals surface area (Å²) < 4.78 is 0. The SMILES string of the molecule is CC(=O)Cc1cc(S)ccc1N. The molecular formula is C9H11NOS. The minimum Gasteiger partial charge on any atom is -0.398 e. The van der Waals surface area contributed by atoms with Crippen molar-refractivity contribution in [2.75, 3.05) is 5.73 Å². The smallest absolute Gasteiger partial charge is 0.134 e. The van der Waals surface area contributed by atoms with E-state index in [9.17, 15) is 4.79 Å². The van der Waals surface area contributed by atoms with E-state index in [0.29, 0.717) is 12.1 Å². The molecule has 0 saturated carbocycles. The van der Waals surface area contributed by atoms with Gasteiger partial charge in [0.1, 0.15) is 5.78 Å². The zero-order chi connectivity index (χ0) is 9.14. The number of anilines is 1. The molecule has 0 aliphatic carbocycles. The highest BCUT2D eigenvalue weighted by Crippen LogP contribution is 2.17. The molecule has 0 atom stereocenters. The van der Waals surface area contributed by atoms with Crippen molar-refractivity contribution >= 4 is 24.1 Å². The van der Waals surface area contributed by atoms with Crippen molar-refractivity contribution in [2.24, 2.45) is 0 Å². The van der Waals surface area contributed by atoms with Crippen LogP contribution in [-0.4, -0.2) is 5.78 Å². The molecule has 0 fully saturated rings. The molecule has 0 saturated heterocycles. The van der Waals surface area contributed by atoms with Gasteiger partial charge in [0.05, 0.1) is 0 Å². The van der Waals surface area contributed by atoms with Gasteiger partial charge in [-0.05, 0) is 30.7 Å². The summed E-state index contributed by atoms with van der Waals surface area (Å²) in [6.45, 7) is 1.55. The topological polar surface area (TPSA) is 43.1 Å². The Kier molecular flexibility index (Phi) is 2.76. The number of carbonyl (C=O) groups excluding carboxylic acids is 1. The standard InChI is InChI=1S/C9H11NOS/c1-6(11)4-7-5-8(12)2-3-9(7)10/h2-3,5,12H,4,10H2,1H3. The number of hydrogen-bond acceptors (Lipinski definition) is 3. The van der Waals surface area contributed by atoms with Crippen molar-refractivity contribution in [3.63, 3.8) is 0 Å². The van der Waals surface area contributed by atoms with Crippen LogP contribution in [0.25, 0.3) is 0 Å². The van der Waals surface area contributed by atoms with E-state index in [1.54, 1.807) is 13.0 Å². The Morgan fingerprint density at radius 2 is 2.25 bits per heavy atom. The lowest BCUT2D eigenvalue weighted by molar-refractivity contribution is -0.116. The fourth-order valence-corrected chi connectivity index (χ4v) is 1.24. The van der Waals surface area contributed by atoms with Crippen LogP contribution in [0.2, 0.25) is 0 Å². The van der Waals surface area contributed by atoms with E-state index >= 15 is 0 Å². The second-order valence-corrected chi connectivity index (χ2v) is 3.28. The van der Waals surface area contributed by atoms with E-state index in [1.807, 2.05) is 12.1 Å². The van der Waals surface area contributed by atoms with Crippen LogP contribution in [0.1, 0.15) is 12.5 Å². The van der Waals surface area contributed by atoms with Crippen molar-refractivity contribution < 1.29 is 4.79 Å². The molecule has 2 nitrogen and oxygen atoms in total. The van der Waals surface area contributed by atoms with Gasteiger partial charge < -0.3 is 5.73 Å². The van der Waals surface area contributed by atoms with E-state index in [4.69, 9.17) is 5.73 Å². The minimum absolute atomic E-state index is 0.112. The predicted molar refractivity (Wildman–Crippen MR) is 52.5 cm³/mol. The van der Waals surface area contributed by atoms with Crippen LogP contribution in [0.3, 0.4) is 0 Å². The third kappa shape index (κ3) is 2.27. The van der Waals surface area contributed by atoms with Gasteiger partial charge in [-0.15, -0.1) is 12.6 Å². The van der Waals surface area contributed by atoms with E-state index in [2.05, 4.69) is 12.6 Å². The zero-order valence-corrected chi connectivity index (χ0v) is 7.77. The van der Waals surface area contributed by atoms with Crippen LogP contribution in [0.15, 0.2) is 23.1 Å². The Labute approximate surface area is 77.2 Å². The third-order valence-corrected chi connectivity index (χ3v) is 1.84. The molecule has 0 heterocycles. The monoisotopic (exact) mass is 181 g/mol. The average Bonchev–Trinajstić information content (AvgIpc) is 1.96. The molecule has 2 N–H and O–H groups in total. The van der Waals surface area contributed by atoms with Crippen molar-refractivity contribution in [1.29, 1.82) is 0 Å². The number of hydrogen-bond donors (Lipinski definition) is 2. The molecule has 0 radical (unpaired) electrons. The summed E-state index contributed by atoms with van der Waals surface area (Å²) in [4.78, 5) is 11.6. The Bertz CT molecular complexity index is 309. The molecule has 1 aromatic rings. The zero-order valence-electron chi connectivity index (χ0n) is 6.87. The maximum atomic E-state index is 10.8. The largest absolute Gasteiger partial charge is 0.398 e. The van der Waals surface area contributed by atoms with Gasteiger partial charge in [0, 0.05) is 17.0 Å². The van der Waals surface area contributed by atoms with Crippen LogP contribution < -0.4 is 5.73 Å². The summed E-state index contributed by atoms with van der Waals surface area (Å²) in [6.07, 6.45) is 0.389. The number of Topliss-reactive ketones (excluding diaryl/α,β-unsaturated/α-hetero) is 1. The first kappa shape index (κ1) is 9.13.